The number of rotatable bonds is 9. The van der Waals surface area contributed by atoms with Gasteiger partial charge in [-0.15, -0.1) is 0 Å². The molecule has 2 rings (SSSR count). The first-order chi connectivity index (χ1) is 13.7. The Balaban J connectivity index is 0.000000960. The van der Waals surface area contributed by atoms with E-state index in [0.717, 1.165) is 35.5 Å². The van der Waals surface area contributed by atoms with Crippen molar-refractivity contribution in [2.75, 3.05) is 0 Å². The molecule has 0 aromatic heterocycles. The number of allylic oxidation sites excluding steroid dienone is 4. The Morgan fingerprint density at radius 3 is 1.34 bits per heavy atom. The van der Waals surface area contributed by atoms with E-state index in [-0.39, 0.29) is 0 Å². The van der Waals surface area contributed by atoms with Crippen molar-refractivity contribution in [3.63, 3.8) is 0 Å². The van der Waals surface area contributed by atoms with Gasteiger partial charge in [-0.1, -0.05) is 102 Å². The van der Waals surface area contributed by atoms with Crippen LogP contribution in [0, 0.1) is 35.5 Å². The molecule has 0 fully saturated rings. The predicted molar refractivity (Wildman–Crippen MR) is 133 cm³/mol. The molecule has 6 atom stereocenters. The van der Waals surface area contributed by atoms with E-state index < -0.39 is 0 Å². The van der Waals surface area contributed by atoms with E-state index in [0.29, 0.717) is 0 Å². The molecule has 0 aliphatic heterocycles. The van der Waals surface area contributed by atoms with Crippen LogP contribution in [0.2, 0.25) is 0 Å². The highest BCUT2D eigenvalue weighted by Gasteiger charge is 2.38. The normalized spacial score (nSPS) is 32.1. The molecular formula is C29H54. The van der Waals surface area contributed by atoms with Crippen LogP contribution >= 0.6 is 0 Å². The van der Waals surface area contributed by atoms with Crippen molar-refractivity contribution in [2.45, 2.75) is 127 Å². The molecule has 0 bridgehead atoms. The van der Waals surface area contributed by atoms with Crippen molar-refractivity contribution in [3.05, 3.63) is 22.3 Å². The van der Waals surface area contributed by atoms with Crippen LogP contribution < -0.4 is 0 Å². The van der Waals surface area contributed by atoms with E-state index in [4.69, 9.17) is 0 Å². The summed E-state index contributed by atoms with van der Waals surface area (Å²) >= 11 is 0. The molecule has 2 aliphatic carbocycles. The largest absolute Gasteiger partial charge is 0.0710 e. The zero-order valence-corrected chi connectivity index (χ0v) is 21.8. The van der Waals surface area contributed by atoms with Gasteiger partial charge in [-0.2, -0.15) is 0 Å². The molecule has 170 valence electrons. The second-order valence-electron chi connectivity index (χ2n) is 10.5. The highest BCUT2D eigenvalue weighted by Crippen LogP contribution is 2.49. The maximum absolute atomic E-state index is 2.55. The van der Waals surface area contributed by atoms with Crippen LogP contribution in [-0.2, 0) is 0 Å². The molecule has 0 aromatic rings. The van der Waals surface area contributed by atoms with Crippen LogP contribution in [0.4, 0.5) is 0 Å². The highest BCUT2D eigenvalue weighted by atomic mass is 14.4. The van der Waals surface area contributed by atoms with E-state index in [1.165, 1.54) is 57.8 Å². The summed E-state index contributed by atoms with van der Waals surface area (Å²) in [6, 6.07) is 0. The smallest absolute Gasteiger partial charge is 0.0172 e. The highest BCUT2D eigenvalue weighted by molar-refractivity contribution is 5.26. The third-order valence-corrected chi connectivity index (χ3v) is 8.95. The molecule has 0 heterocycles. The van der Waals surface area contributed by atoms with Gasteiger partial charge in [-0.05, 0) is 82.5 Å². The third kappa shape index (κ3) is 6.73. The first kappa shape index (κ1) is 26.5. The van der Waals surface area contributed by atoms with Gasteiger partial charge >= 0.3 is 0 Å². The van der Waals surface area contributed by atoms with E-state index in [1.54, 1.807) is 22.3 Å². The molecule has 0 amide bonds. The predicted octanol–water partition coefficient (Wildman–Crippen LogP) is 10.0. The fourth-order valence-electron chi connectivity index (χ4n) is 6.03. The standard InChI is InChI=1S/C25H44.C4H10/c1-9-10-11-12-13-23-20(6)21(7)25(22(23)8)15-14-24-18(4)16(2)17(3)19(24)5;1-3-4-2/h16,18,22-25H,9-15H2,1-8H3;3-4H2,1-2H3/t16?,18?,22?,23?,24-,25-;/m1./s1. The summed E-state index contributed by atoms with van der Waals surface area (Å²) < 4.78 is 0. The SMILES string of the molecule is CCCC.CCCCCCC1C(C)=C(C)[C@@H](CC[C@H]2C(C)=C(C)C(C)C2C)C1C. The molecule has 0 saturated carbocycles. The summed E-state index contributed by atoms with van der Waals surface area (Å²) in [6.45, 7) is 23.8. The Morgan fingerprint density at radius 1 is 0.483 bits per heavy atom. The quantitative estimate of drug-likeness (QED) is 0.266. The summed E-state index contributed by atoms with van der Waals surface area (Å²) in [4.78, 5) is 0. The Morgan fingerprint density at radius 2 is 0.931 bits per heavy atom. The molecule has 0 spiro atoms. The van der Waals surface area contributed by atoms with Gasteiger partial charge in [0, 0.05) is 0 Å². The average molecular weight is 403 g/mol. The lowest BCUT2D eigenvalue weighted by molar-refractivity contribution is 0.276. The molecule has 0 aromatic carbocycles. The molecular weight excluding hydrogens is 348 g/mol. The van der Waals surface area contributed by atoms with E-state index >= 15 is 0 Å². The van der Waals surface area contributed by atoms with Crippen molar-refractivity contribution >= 4 is 0 Å². The van der Waals surface area contributed by atoms with Gasteiger partial charge in [0.2, 0.25) is 0 Å². The lowest BCUT2D eigenvalue weighted by Crippen LogP contribution is -2.18. The molecule has 0 N–H and O–H groups in total. The minimum absolute atomic E-state index is 0.788. The minimum atomic E-state index is 0.788. The first-order valence-electron chi connectivity index (χ1n) is 13.1. The van der Waals surface area contributed by atoms with E-state index in [1.807, 2.05) is 0 Å². The van der Waals surface area contributed by atoms with E-state index in [9.17, 15) is 0 Å². The summed E-state index contributed by atoms with van der Waals surface area (Å²) in [5.74, 6) is 5.02. The third-order valence-electron chi connectivity index (χ3n) is 8.95. The molecule has 4 unspecified atom stereocenters. The van der Waals surface area contributed by atoms with Crippen LogP contribution in [0.3, 0.4) is 0 Å². The average Bonchev–Trinajstić information content (AvgIpc) is 3.03. The summed E-state index contributed by atoms with van der Waals surface area (Å²) in [7, 11) is 0. The Kier molecular flexibility index (Phi) is 11.9. The minimum Gasteiger partial charge on any atom is -0.0710 e. The molecule has 0 heteroatoms. The molecule has 0 radical (unpaired) electrons. The Hall–Kier alpha value is -0.520. The monoisotopic (exact) mass is 402 g/mol. The van der Waals surface area contributed by atoms with Crippen LogP contribution in [0.25, 0.3) is 0 Å². The molecule has 29 heavy (non-hydrogen) atoms. The van der Waals surface area contributed by atoms with E-state index in [2.05, 4.69) is 69.2 Å². The second-order valence-corrected chi connectivity index (χ2v) is 10.5. The molecule has 0 nitrogen and oxygen atoms in total. The lowest BCUT2D eigenvalue weighted by Gasteiger charge is -2.27. The van der Waals surface area contributed by atoms with Gasteiger partial charge in [0.1, 0.15) is 0 Å². The van der Waals surface area contributed by atoms with Crippen molar-refractivity contribution in [1.29, 1.82) is 0 Å². The van der Waals surface area contributed by atoms with Crippen LogP contribution in [0.5, 0.6) is 0 Å². The van der Waals surface area contributed by atoms with Gasteiger partial charge in [-0.25, -0.2) is 0 Å². The fourth-order valence-corrected chi connectivity index (χ4v) is 6.03. The fraction of sp³-hybridized carbons (Fsp3) is 0.862. The summed E-state index contributed by atoms with van der Waals surface area (Å²) in [6.07, 6.45) is 12.5. The van der Waals surface area contributed by atoms with Crippen molar-refractivity contribution in [2.24, 2.45) is 35.5 Å². The zero-order valence-electron chi connectivity index (χ0n) is 21.8. The van der Waals surface area contributed by atoms with Crippen LogP contribution in [-0.4, -0.2) is 0 Å². The van der Waals surface area contributed by atoms with Gasteiger partial charge in [0.15, 0.2) is 0 Å². The number of hydrogen-bond acceptors (Lipinski definition) is 0. The topological polar surface area (TPSA) is 0 Å². The van der Waals surface area contributed by atoms with Gasteiger partial charge in [-0.3, -0.25) is 0 Å². The molecule has 2 aliphatic rings. The second kappa shape index (κ2) is 13.0. The Labute approximate surface area is 185 Å². The first-order valence-corrected chi connectivity index (χ1v) is 13.1. The van der Waals surface area contributed by atoms with Crippen molar-refractivity contribution < 1.29 is 0 Å². The number of hydrogen-bond donors (Lipinski definition) is 0. The van der Waals surface area contributed by atoms with Crippen LogP contribution in [0.1, 0.15) is 127 Å². The van der Waals surface area contributed by atoms with Gasteiger partial charge in [0.05, 0.1) is 0 Å². The maximum Gasteiger partial charge on any atom is -0.0172 e. The Bertz CT molecular complexity index is 532. The van der Waals surface area contributed by atoms with Crippen molar-refractivity contribution in [1.82, 2.24) is 0 Å². The maximum atomic E-state index is 2.55. The van der Waals surface area contributed by atoms with Crippen molar-refractivity contribution in [3.8, 4) is 0 Å². The number of unbranched alkanes of at least 4 members (excludes halogenated alkanes) is 4. The summed E-state index contributed by atoms with van der Waals surface area (Å²) in [5.41, 5.74) is 6.87. The van der Waals surface area contributed by atoms with Gasteiger partial charge < -0.3 is 0 Å². The van der Waals surface area contributed by atoms with Gasteiger partial charge in [0.25, 0.3) is 0 Å². The summed E-state index contributed by atoms with van der Waals surface area (Å²) in [5, 5.41) is 0. The van der Waals surface area contributed by atoms with Crippen LogP contribution in [0.15, 0.2) is 22.3 Å². The molecule has 0 saturated heterocycles. The lowest BCUT2D eigenvalue weighted by atomic mass is 9.78. The zero-order chi connectivity index (χ0) is 22.1.